The van der Waals surface area contributed by atoms with Crippen LogP contribution >= 0.6 is 0 Å². The van der Waals surface area contributed by atoms with Gasteiger partial charge in [0.2, 0.25) is 11.7 Å². The molecule has 9 heteroatoms. The summed E-state index contributed by atoms with van der Waals surface area (Å²) in [4.78, 5) is 26.0. The Kier molecular flexibility index (Phi) is 4.26. The standard InChI is InChI=1S/C15H17N5O4/c21-12(19-8-6-15(24,7-9-19)14(22)23)10-20-17-13(16-18-20)11-4-2-1-3-5-11/h1-5,24H,6-10H2,(H,22,23). The van der Waals surface area contributed by atoms with Crippen molar-refractivity contribution in [2.45, 2.75) is 25.0 Å². The largest absolute Gasteiger partial charge is 0.479 e. The summed E-state index contributed by atoms with van der Waals surface area (Å²) in [5.74, 6) is -1.05. The molecule has 2 aromatic rings. The van der Waals surface area contributed by atoms with E-state index in [2.05, 4.69) is 15.4 Å². The van der Waals surface area contributed by atoms with Gasteiger partial charge in [-0.1, -0.05) is 30.3 Å². The van der Waals surface area contributed by atoms with Crippen molar-refractivity contribution in [2.24, 2.45) is 0 Å². The molecule has 0 aliphatic carbocycles. The summed E-state index contributed by atoms with van der Waals surface area (Å²) in [6.07, 6.45) is 0.0161. The number of carboxylic acids is 1. The minimum atomic E-state index is -1.75. The highest BCUT2D eigenvalue weighted by Gasteiger charge is 2.40. The van der Waals surface area contributed by atoms with Crippen LogP contribution in [0.15, 0.2) is 30.3 Å². The van der Waals surface area contributed by atoms with Crippen molar-refractivity contribution in [2.75, 3.05) is 13.1 Å². The van der Waals surface area contributed by atoms with Crippen LogP contribution in [0.25, 0.3) is 11.4 Å². The van der Waals surface area contributed by atoms with Crippen molar-refractivity contribution < 1.29 is 19.8 Å². The van der Waals surface area contributed by atoms with Crippen LogP contribution in [0, 0.1) is 0 Å². The molecular weight excluding hydrogens is 314 g/mol. The van der Waals surface area contributed by atoms with E-state index in [4.69, 9.17) is 5.11 Å². The molecule has 1 aromatic carbocycles. The summed E-state index contributed by atoms with van der Waals surface area (Å²) in [6, 6.07) is 9.30. The van der Waals surface area contributed by atoms with Gasteiger partial charge < -0.3 is 15.1 Å². The minimum Gasteiger partial charge on any atom is -0.479 e. The number of hydrogen-bond donors (Lipinski definition) is 2. The van der Waals surface area contributed by atoms with Gasteiger partial charge in [0, 0.05) is 31.5 Å². The topological polar surface area (TPSA) is 121 Å². The van der Waals surface area contributed by atoms with E-state index in [1.165, 1.54) is 9.70 Å². The molecule has 1 aliphatic heterocycles. The van der Waals surface area contributed by atoms with E-state index in [-0.39, 0.29) is 38.4 Å². The highest BCUT2D eigenvalue weighted by atomic mass is 16.4. The molecule has 0 saturated carbocycles. The van der Waals surface area contributed by atoms with Crippen LogP contribution in [-0.4, -0.2) is 65.9 Å². The second-order valence-corrected chi connectivity index (χ2v) is 5.73. The molecule has 1 aliphatic rings. The SMILES string of the molecule is O=C(Cn1nnc(-c2ccccc2)n1)N1CCC(O)(C(=O)O)CC1. The van der Waals surface area contributed by atoms with Crippen LogP contribution in [0.4, 0.5) is 0 Å². The van der Waals surface area contributed by atoms with Gasteiger partial charge in [-0.2, -0.15) is 4.80 Å². The molecule has 1 amide bonds. The van der Waals surface area contributed by atoms with E-state index in [0.717, 1.165) is 5.56 Å². The monoisotopic (exact) mass is 331 g/mol. The summed E-state index contributed by atoms with van der Waals surface area (Å²) in [5.41, 5.74) is -0.941. The number of nitrogens with zero attached hydrogens (tertiary/aromatic N) is 5. The summed E-state index contributed by atoms with van der Waals surface area (Å²) in [6.45, 7) is 0.287. The summed E-state index contributed by atoms with van der Waals surface area (Å²) < 4.78 is 0. The molecule has 9 nitrogen and oxygen atoms in total. The highest BCUT2D eigenvalue weighted by molar-refractivity contribution is 5.79. The number of aromatic nitrogens is 4. The third-order valence-electron chi connectivity index (χ3n) is 4.10. The first-order valence-electron chi connectivity index (χ1n) is 7.55. The molecule has 24 heavy (non-hydrogen) atoms. The number of carbonyl (C=O) groups excluding carboxylic acids is 1. The fraction of sp³-hybridized carbons (Fsp3) is 0.400. The minimum absolute atomic E-state index is 0.00806. The molecule has 0 spiro atoms. The summed E-state index contributed by atoms with van der Waals surface area (Å²) in [7, 11) is 0. The number of carbonyl (C=O) groups is 2. The fourth-order valence-corrected chi connectivity index (χ4v) is 2.57. The number of rotatable bonds is 4. The zero-order valence-electron chi connectivity index (χ0n) is 12.9. The van der Waals surface area contributed by atoms with Crippen molar-refractivity contribution in [3.8, 4) is 11.4 Å². The molecule has 1 saturated heterocycles. The van der Waals surface area contributed by atoms with E-state index in [1.807, 2.05) is 30.3 Å². The number of aliphatic hydroxyl groups is 1. The Morgan fingerprint density at radius 2 is 1.83 bits per heavy atom. The van der Waals surface area contributed by atoms with Crippen LogP contribution in [0.3, 0.4) is 0 Å². The Bertz CT molecular complexity index is 737. The van der Waals surface area contributed by atoms with Crippen LogP contribution in [-0.2, 0) is 16.1 Å². The second kappa shape index (κ2) is 6.36. The van der Waals surface area contributed by atoms with E-state index >= 15 is 0 Å². The van der Waals surface area contributed by atoms with Gasteiger partial charge in [0.15, 0.2) is 5.60 Å². The lowest BCUT2D eigenvalue weighted by molar-refractivity contribution is -0.165. The normalized spacial score (nSPS) is 16.8. The molecule has 1 fully saturated rings. The molecular formula is C15H17N5O4. The van der Waals surface area contributed by atoms with Gasteiger partial charge in [-0.25, -0.2) is 4.79 Å². The van der Waals surface area contributed by atoms with E-state index in [9.17, 15) is 14.7 Å². The lowest BCUT2D eigenvalue weighted by Gasteiger charge is -2.35. The molecule has 126 valence electrons. The van der Waals surface area contributed by atoms with Gasteiger partial charge in [-0.3, -0.25) is 4.79 Å². The Labute approximate surface area is 137 Å². The first-order chi connectivity index (χ1) is 11.5. The molecule has 1 aromatic heterocycles. The smallest absolute Gasteiger partial charge is 0.335 e. The number of likely N-dealkylation sites (tertiary alicyclic amines) is 1. The van der Waals surface area contributed by atoms with Crippen molar-refractivity contribution >= 4 is 11.9 Å². The fourth-order valence-electron chi connectivity index (χ4n) is 2.57. The zero-order valence-corrected chi connectivity index (χ0v) is 12.9. The zero-order chi connectivity index (χ0) is 17.2. The van der Waals surface area contributed by atoms with Crippen LogP contribution in [0.1, 0.15) is 12.8 Å². The third kappa shape index (κ3) is 3.25. The van der Waals surface area contributed by atoms with Crippen molar-refractivity contribution in [1.29, 1.82) is 0 Å². The van der Waals surface area contributed by atoms with Crippen LogP contribution in [0.2, 0.25) is 0 Å². The Morgan fingerprint density at radius 1 is 1.17 bits per heavy atom. The van der Waals surface area contributed by atoms with Gasteiger partial charge in [0.1, 0.15) is 6.54 Å². The molecule has 2 heterocycles. The maximum absolute atomic E-state index is 12.3. The molecule has 0 radical (unpaired) electrons. The van der Waals surface area contributed by atoms with Gasteiger partial charge >= 0.3 is 5.97 Å². The van der Waals surface area contributed by atoms with Crippen LogP contribution in [0.5, 0.6) is 0 Å². The Morgan fingerprint density at radius 3 is 2.46 bits per heavy atom. The van der Waals surface area contributed by atoms with E-state index in [0.29, 0.717) is 5.82 Å². The van der Waals surface area contributed by atoms with Crippen LogP contribution < -0.4 is 0 Å². The number of aliphatic carboxylic acids is 1. The van der Waals surface area contributed by atoms with Gasteiger partial charge in [-0.05, 0) is 5.21 Å². The quantitative estimate of drug-likeness (QED) is 0.794. The lowest BCUT2D eigenvalue weighted by atomic mass is 9.91. The molecule has 0 unspecified atom stereocenters. The van der Waals surface area contributed by atoms with E-state index in [1.54, 1.807) is 0 Å². The number of benzene rings is 1. The number of tetrazole rings is 1. The molecule has 3 rings (SSSR count). The maximum atomic E-state index is 12.3. The molecule has 2 N–H and O–H groups in total. The summed E-state index contributed by atoms with van der Waals surface area (Å²) in [5, 5.41) is 30.8. The van der Waals surface area contributed by atoms with E-state index < -0.39 is 11.6 Å². The predicted molar refractivity (Wildman–Crippen MR) is 81.7 cm³/mol. The van der Waals surface area contributed by atoms with Gasteiger partial charge in [0.05, 0.1) is 0 Å². The van der Waals surface area contributed by atoms with Gasteiger partial charge in [0.25, 0.3) is 0 Å². The Balaban J connectivity index is 1.60. The highest BCUT2D eigenvalue weighted by Crippen LogP contribution is 2.22. The average molecular weight is 331 g/mol. The Hall–Kier alpha value is -2.81. The second-order valence-electron chi connectivity index (χ2n) is 5.73. The first kappa shape index (κ1) is 16.1. The van der Waals surface area contributed by atoms with Crippen molar-refractivity contribution in [3.05, 3.63) is 30.3 Å². The van der Waals surface area contributed by atoms with Crippen molar-refractivity contribution in [1.82, 2.24) is 25.1 Å². The third-order valence-corrected chi connectivity index (χ3v) is 4.10. The first-order valence-corrected chi connectivity index (χ1v) is 7.55. The number of amides is 1. The molecule has 0 bridgehead atoms. The number of piperidine rings is 1. The van der Waals surface area contributed by atoms with Gasteiger partial charge in [-0.15, -0.1) is 10.2 Å². The lowest BCUT2D eigenvalue weighted by Crippen LogP contribution is -2.51. The molecule has 0 atom stereocenters. The predicted octanol–water partition coefficient (Wildman–Crippen LogP) is -0.222. The number of hydrogen-bond acceptors (Lipinski definition) is 6. The average Bonchev–Trinajstić information content (AvgIpc) is 3.04. The summed E-state index contributed by atoms with van der Waals surface area (Å²) >= 11 is 0. The number of carboxylic acid groups (broad SMARTS) is 1. The van der Waals surface area contributed by atoms with Crippen molar-refractivity contribution in [3.63, 3.8) is 0 Å². The maximum Gasteiger partial charge on any atom is 0.335 e.